The lowest BCUT2D eigenvalue weighted by Gasteiger charge is -2.36. The number of nitrogens with one attached hydrogen (secondary N) is 1. The number of carbonyl (C=O) groups excluding carboxylic acids is 1. The Labute approximate surface area is 154 Å². The van der Waals surface area contributed by atoms with Crippen LogP contribution in [-0.4, -0.2) is 36.2 Å². The third-order valence-corrected chi connectivity index (χ3v) is 4.39. The van der Waals surface area contributed by atoms with E-state index in [1.54, 1.807) is 12.1 Å². The van der Waals surface area contributed by atoms with Crippen molar-refractivity contribution in [2.75, 3.05) is 23.7 Å². The Balaban J connectivity index is 1.51. The van der Waals surface area contributed by atoms with Crippen LogP contribution in [0.4, 0.5) is 11.5 Å². The number of amides is 1. The second-order valence-corrected chi connectivity index (χ2v) is 6.88. The molecule has 1 amide bonds. The van der Waals surface area contributed by atoms with Gasteiger partial charge < -0.3 is 20.7 Å². The van der Waals surface area contributed by atoms with Crippen molar-refractivity contribution in [2.24, 2.45) is 0 Å². The maximum atomic E-state index is 12.1. The summed E-state index contributed by atoms with van der Waals surface area (Å²) in [4.78, 5) is 18.9. The third kappa shape index (κ3) is 4.95. The molecule has 1 aromatic heterocycles. The number of morpholine rings is 1. The monoisotopic (exact) mass is 354 g/mol. The molecule has 26 heavy (non-hydrogen) atoms. The highest BCUT2D eigenvalue weighted by Gasteiger charge is 2.22. The average Bonchev–Trinajstić information content (AvgIpc) is 2.61. The van der Waals surface area contributed by atoms with E-state index < -0.39 is 0 Å². The fourth-order valence-corrected chi connectivity index (χ4v) is 3.16. The minimum atomic E-state index is -0.0188. The van der Waals surface area contributed by atoms with Gasteiger partial charge in [0.25, 0.3) is 0 Å². The lowest BCUT2D eigenvalue weighted by Crippen LogP contribution is -2.45. The highest BCUT2D eigenvalue weighted by atomic mass is 16.5. The molecule has 6 heteroatoms. The summed E-state index contributed by atoms with van der Waals surface area (Å²) in [6.45, 7) is 6.31. The lowest BCUT2D eigenvalue weighted by atomic mass is 10.1. The molecule has 138 valence electrons. The summed E-state index contributed by atoms with van der Waals surface area (Å²) >= 11 is 0. The van der Waals surface area contributed by atoms with E-state index in [9.17, 15) is 4.79 Å². The molecule has 6 nitrogen and oxygen atoms in total. The van der Waals surface area contributed by atoms with Crippen LogP contribution in [0.3, 0.4) is 0 Å². The number of ether oxygens (including phenoxy) is 1. The summed E-state index contributed by atoms with van der Waals surface area (Å²) in [7, 11) is 0. The molecule has 3 rings (SSSR count). The minimum Gasteiger partial charge on any atom is -0.399 e. The first-order valence-corrected chi connectivity index (χ1v) is 8.96. The quantitative estimate of drug-likeness (QED) is 0.804. The first kappa shape index (κ1) is 18.2. The summed E-state index contributed by atoms with van der Waals surface area (Å²) < 4.78 is 5.76. The van der Waals surface area contributed by atoms with Gasteiger partial charge in [-0.1, -0.05) is 18.2 Å². The van der Waals surface area contributed by atoms with E-state index in [-0.39, 0.29) is 18.1 Å². The Bertz CT molecular complexity index is 720. The molecule has 1 aliphatic rings. The molecule has 0 spiro atoms. The highest BCUT2D eigenvalue weighted by molar-refractivity contribution is 5.78. The van der Waals surface area contributed by atoms with Gasteiger partial charge in [-0.05, 0) is 43.2 Å². The molecule has 0 saturated carbocycles. The molecule has 2 heterocycles. The second kappa shape index (κ2) is 8.19. The standard InChI is InChI=1S/C20H26N4O2/c1-14-12-24(13-15(2)26-14)19-8-5-17(10-22-19)11-23-20(25)9-16-3-6-18(21)7-4-16/h3-8,10,14-15H,9,11-13,21H2,1-2H3,(H,23,25). The number of carbonyl (C=O) groups is 1. The van der Waals surface area contributed by atoms with E-state index in [0.717, 1.165) is 30.0 Å². The van der Waals surface area contributed by atoms with Gasteiger partial charge in [-0.2, -0.15) is 0 Å². The van der Waals surface area contributed by atoms with Gasteiger partial charge in [0.2, 0.25) is 5.91 Å². The highest BCUT2D eigenvalue weighted by Crippen LogP contribution is 2.18. The molecule has 1 fully saturated rings. The molecular weight excluding hydrogens is 328 g/mol. The Morgan fingerprint density at radius 2 is 1.81 bits per heavy atom. The summed E-state index contributed by atoms with van der Waals surface area (Å²) in [6, 6.07) is 11.4. The van der Waals surface area contributed by atoms with Gasteiger partial charge in [0.05, 0.1) is 18.6 Å². The van der Waals surface area contributed by atoms with Crippen molar-refractivity contribution >= 4 is 17.4 Å². The molecule has 1 saturated heterocycles. The average molecular weight is 354 g/mol. The van der Waals surface area contributed by atoms with Crippen molar-refractivity contribution in [2.45, 2.75) is 39.0 Å². The Kier molecular flexibility index (Phi) is 5.73. The van der Waals surface area contributed by atoms with Crippen LogP contribution in [0, 0.1) is 0 Å². The maximum Gasteiger partial charge on any atom is 0.224 e. The summed E-state index contributed by atoms with van der Waals surface area (Å²) in [5.74, 6) is 0.929. The predicted molar refractivity (Wildman–Crippen MR) is 103 cm³/mol. The van der Waals surface area contributed by atoms with E-state index in [2.05, 4.69) is 29.0 Å². The fourth-order valence-electron chi connectivity index (χ4n) is 3.16. The molecule has 0 radical (unpaired) electrons. The van der Waals surface area contributed by atoms with Gasteiger partial charge in [-0.15, -0.1) is 0 Å². The fraction of sp³-hybridized carbons (Fsp3) is 0.400. The first-order chi connectivity index (χ1) is 12.5. The number of nitrogens with zero attached hydrogens (tertiary/aromatic N) is 2. The number of pyridine rings is 1. The van der Waals surface area contributed by atoms with Crippen LogP contribution in [0.1, 0.15) is 25.0 Å². The zero-order chi connectivity index (χ0) is 18.5. The van der Waals surface area contributed by atoms with E-state index in [4.69, 9.17) is 10.5 Å². The van der Waals surface area contributed by atoms with E-state index >= 15 is 0 Å². The summed E-state index contributed by atoms with van der Waals surface area (Å²) in [6.07, 6.45) is 2.57. The van der Waals surface area contributed by atoms with Gasteiger partial charge >= 0.3 is 0 Å². The number of benzene rings is 1. The molecule has 0 aliphatic carbocycles. The van der Waals surface area contributed by atoms with Crippen molar-refractivity contribution in [3.63, 3.8) is 0 Å². The molecule has 2 aromatic rings. The van der Waals surface area contributed by atoms with Crippen molar-refractivity contribution in [3.05, 3.63) is 53.7 Å². The number of hydrogen-bond donors (Lipinski definition) is 2. The van der Waals surface area contributed by atoms with Gasteiger partial charge in [0, 0.05) is 31.5 Å². The van der Waals surface area contributed by atoms with E-state index in [1.807, 2.05) is 30.5 Å². The van der Waals surface area contributed by atoms with Crippen LogP contribution in [0.25, 0.3) is 0 Å². The Morgan fingerprint density at radius 1 is 1.15 bits per heavy atom. The van der Waals surface area contributed by atoms with Crippen LogP contribution >= 0.6 is 0 Å². The number of rotatable bonds is 5. The first-order valence-electron chi connectivity index (χ1n) is 8.96. The smallest absolute Gasteiger partial charge is 0.224 e. The van der Waals surface area contributed by atoms with Crippen molar-refractivity contribution in [3.8, 4) is 0 Å². The number of nitrogens with two attached hydrogens (primary N) is 1. The van der Waals surface area contributed by atoms with E-state index in [1.165, 1.54) is 0 Å². The number of anilines is 2. The van der Waals surface area contributed by atoms with E-state index in [0.29, 0.717) is 18.7 Å². The summed E-state index contributed by atoms with van der Waals surface area (Å²) in [5.41, 5.74) is 8.28. The second-order valence-electron chi connectivity index (χ2n) is 6.88. The number of hydrogen-bond acceptors (Lipinski definition) is 5. The van der Waals surface area contributed by atoms with Crippen molar-refractivity contribution in [1.29, 1.82) is 0 Å². The number of aromatic nitrogens is 1. The largest absolute Gasteiger partial charge is 0.399 e. The minimum absolute atomic E-state index is 0.0188. The molecule has 0 bridgehead atoms. The third-order valence-electron chi connectivity index (χ3n) is 4.39. The van der Waals surface area contributed by atoms with Crippen LogP contribution in [0.15, 0.2) is 42.6 Å². The Hall–Kier alpha value is -2.60. The zero-order valence-electron chi connectivity index (χ0n) is 15.3. The molecular formula is C20H26N4O2. The normalized spacial score (nSPS) is 20.0. The van der Waals surface area contributed by atoms with Gasteiger partial charge in [0.1, 0.15) is 5.82 Å². The predicted octanol–water partition coefficient (Wildman–Crippen LogP) is 2.14. The SMILES string of the molecule is CC1CN(c2ccc(CNC(=O)Cc3ccc(N)cc3)cn2)CC(C)O1. The molecule has 1 aromatic carbocycles. The van der Waals surface area contributed by atoms with Gasteiger partial charge in [-0.3, -0.25) is 4.79 Å². The summed E-state index contributed by atoms with van der Waals surface area (Å²) in [5, 5.41) is 2.93. The Morgan fingerprint density at radius 3 is 2.42 bits per heavy atom. The van der Waals surface area contributed by atoms with Gasteiger partial charge in [-0.25, -0.2) is 4.98 Å². The maximum absolute atomic E-state index is 12.1. The lowest BCUT2D eigenvalue weighted by molar-refractivity contribution is -0.120. The van der Waals surface area contributed by atoms with Crippen molar-refractivity contribution < 1.29 is 9.53 Å². The molecule has 3 N–H and O–H groups in total. The van der Waals surface area contributed by atoms with Crippen LogP contribution < -0.4 is 16.0 Å². The van der Waals surface area contributed by atoms with Crippen molar-refractivity contribution in [1.82, 2.24) is 10.3 Å². The molecule has 2 unspecified atom stereocenters. The van der Waals surface area contributed by atoms with Crippen LogP contribution in [0.2, 0.25) is 0 Å². The van der Waals surface area contributed by atoms with Crippen LogP contribution in [0.5, 0.6) is 0 Å². The van der Waals surface area contributed by atoms with Gasteiger partial charge in [0.15, 0.2) is 0 Å². The zero-order valence-corrected chi connectivity index (χ0v) is 15.3. The molecule has 2 atom stereocenters. The topological polar surface area (TPSA) is 80.5 Å². The van der Waals surface area contributed by atoms with Crippen LogP contribution in [-0.2, 0) is 22.5 Å². The molecule has 1 aliphatic heterocycles. The number of nitrogen functional groups attached to an aromatic ring is 1.